The van der Waals surface area contributed by atoms with Gasteiger partial charge in [0.05, 0.1) is 16.6 Å². The van der Waals surface area contributed by atoms with Crippen molar-refractivity contribution in [2.75, 3.05) is 13.1 Å². The zero-order valence-electron chi connectivity index (χ0n) is 18.6. The van der Waals surface area contributed by atoms with Crippen LogP contribution >= 0.6 is 11.6 Å². The normalized spacial score (nSPS) is 20.4. The average Bonchev–Trinajstić information content (AvgIpc) is 2.53. The SMILES string of the molecule is [2H]C([2H])(c1ccc(Cl)c2c(=O)n(C)ncc12)C1CC2(C1)CN(C(=O)OC(C)(C)C)C2. The summed E-state index contributed by atoms with van der Waals surface area (Å²) in [5, 5.41) is 5.11. The molecule has 0 bridgehead atoms. The average molecular weight is 406 g/mol. The van der Waals surface area contributed by atoms with E-state index in [2.05, 4.69) is 5.10 Å². The first-order valence-corrected chi connectivity index (χ1v) is 9.84. The molecular weight excluding hydrogens is 378 g/mol. The summed E-state index contributed by atoms with van der Waals surface area (Å²) in [6, 6.07) is 3.24. The maximum absolute atomic E-state index is 12.5. The fourth-order valence-corrected chi connectivity index (χ4v) is 4.46. The van der Waals surface area contributed by atoms with E-state index in [1.165, 1.54) is 10.9 Å². The highest BCUT2D eigenvalue weighted by atomic mass is 35.5. The molecule has 1 amide bonds. The molecule has 2 heterocycles. The smallest absolute Gasteiger partial charge is 0.410 e. The van der Waals surface area contributed by atoms with Crippen LogP contribution in [0.4, 0.5) is 4.79 Å². The predicted molar refractivity (Wildman–Crippen MR) is 109 cm³/mol. The number of hydrogen-bond donors (Lipinski definition) is 0. The molecule has 150 valence electrons. The van der Waals surface area contributed by atoms with E-state index in [0.717, 1.165) is 0 Å². The molecule has 2 aliphatic rings. The van der Waals surface area contributed by atoms with Crippen LogP contribution in [-0.2, 0) is 18.2 Å². The Morgan fingerprint density at radius 2 is 2.07 bits per heavy atom. The third kappa shape index (κ3) is 3.39. The van der Waals surface area contributed by atoms with Gasteiger partial charge in [-0.25, -0.2) is 9.48 Å². The van der Waals surface area contributed by atoms with Crippen LogP contribution in [-0.4, -0.2) is 39.5 Å². The number of fused-ring (bicyclic) bond motifs is 1. The van der Waals surface area contributed by atoms with E-state index in [0.29, 0.717) is 47.3 Å². The molecule has 0 N–H and O–H groups in total. The number of hydrogen-bond acceptors (Lipinski definition) is 4. The second-order valence-corrected chi connectivity index (χ2v) is 9.45. The molecule has 0 radical (unpaired) electrons. The maximum atomic E-state index is 12.5. The molecule has 0 unspecified atom stereocenters. The number of aryl methyl sites for hydroxylation is 1. The maximum Gasteiger partial charge on any atom is 0.410 e. The quantitative estimate of drug-likeness (QED) is 0.762. The number of benzene rings is 1. The summed E-state index contributed by atoms with van der Waals surface area (Å²) >= 11 is 6.24. The Bertz CT molecular complexity index is 1080. The molecule has 1 saturated carbocycles. The van der Waals surface area contributed by atoms with Gasteiger partial charge in [0.1, 0.15) is 5.60 Å². The van der Waals surface area contributed by atoms with E-state index in [9.17, 15) is 9.59 Å². The lowest BCUT2D eigenvalue weighted by Gasteiger charge is -2.59. The number of halogens is 1. The van der Waals surface area contributed by atoms with Crippen LogP contribution in [0.5, 0.6) is 0 Å². The van der Waals surface area contributed by atoms with Gasteiger partial charge in [-0.2, -0.15) is 5.10 Å². The highest BCUT2D eigenvalue weighted by Gasteiger charge is 2.54. The van der Waals surface area contributed by atoms with Crippen LogP contribution in [0.3, 0.4) is 0 Å². The molecule has 1 aromatic heterocycles. The molecule has 28 heavy (non-hydrogen) atoms. The van der Waals surface area contributed by atoms with E-state index in [1.54, 1.807) is 24.1 Å². The van der Waals surface area contributed by atoms with Gasteiger partial charge in [0, 0.05) is 33.7 Å². The minimum Gasteiger partial charge on any atom is -0.444 e. The van der Waals surface area contributed by atoms with Crippen LogP contribution in [0.25, 0.3) is 10.8 Å². The number of carbonyl (C=O) groups is 1. The number of rotatable bonds is 2. The summed E-state index contributed by atoms with van der Waals surface area (Å²) in [5.41, 5.74) is -0.464. The van der Waals surface area contributed by atoms with Gasteiger partial charge in [0.2, 0.25) is 0 Å². The third-order valence-electron chi connectivity index (χ3n) is 5.49. The first kappa shape index (κ1) is 16.8. The standard InChI is InChI=1S/C21H26ClN3O3/c1-20(2,3)28-19(27)25-11-21(12-25)8-13(9-21)7-14-5-6-16(22)17-15(14)10-23-24(4)18(17)26/h5-6,10,13H,7-9,11-12H2,1-4H3/i7D2. The van der Waals surface area contributed by atoms with Crippen LogP contribution in [0, 0.1) is 11.3 Å². The lowest BCUT2D eigenvalue weighted by Crippen LogP contribution is -2.64. The van der Waals surface area contributed by atoms with Gasteiger partial charge in [-0.3, -0.25) is 4.79 Å². The Kier molecular flexibility index (Phi) is 3.89. The van der Waals surface area contributed by atoms with Gasteiger partial charge < -0.3 is 9.64 Å². The molecule has 2 fully saturated rings. The summed E-state index contributed by atoms with van der Waals surface area (Å²) < 4.78 is 24.2. The van der Waals surface area contributed by atoms with E-state index in [4.69, 9.17) is 19.1 Å². The third-order valence-corrected chi connectivity index (χ3v) is 5.80. The van der Waals surface area contributed by atoms with Gasteiger partial charge in [-0.05, 0) is 57.5 Å². The van der Waals surface area contributed by atoms with Gasteiger partial charge >= 0.3 is 6.09 Å². The number of carbonyl (C=O) groups excluding carboxylic acids is 1. The van der Waals surface area contributed by atoms with Gasteiger partial charge in [-0.15, -0.1) is 0 Å². The van der Waals surface area contributed by atoms with Gasteiger partial charge in [-0.1, -0.05) is 17.7 Å². The number of aromatic nitrogens is 2. The van der Waals surface area contributed by atoms with Crippen molar-refractivity contribution in [2.45, 2.75) is 45.6 Å². The van der Waals surface area contributed by atoms with Crippen molar-refractivity contribution in [3.8, 4) is 0 Å². The van der Waals surface area contributed by atoms with E-state index in [1.807, 2.05) is 20.8 Å². The summed E-state index contributed by atoms with van der Waals surface area (Å²) in [5.74, 6) is -0.202. The van der Waals surface area contributed by atoms with Crippen molar-refractivity contribution >= 4 is 28.5 Å². The zero-order valence-corrected chi connectivity index (χ0v) is 17.3. The molecule has 7 heteroatoms. The predicted octanol–water partition coefficient (Wildman–Crippen LogP) is 3.78. The first-order valence-electron chi connectivity index (χ1n) is 10.5. The van der Waals surface area contributed by atoms with Gasteiger partial charge in [0.25, 0.3) is 5.56 Å². The fourth-order valence-electron chi connectivity index (χ4n) is 4.21. The summed E-state index contributed by atoms with van der Waals surface area (Å²) in [6.07, 6.45) is 0.931. The number of ether oxygens (including phenoxy) is 1. The Morgan fingerprint density at radius 3 is 2.71 bits per heavy atom. The topological polar surface area (TPSA) is 64.4 Å². The monoisotopic (exact) mass is 405 g/mol. The van der Waals surface area contributed by atoms with Crippen molar-refractivity contribution in [2.24, 2.45) is 18.4 Å². The molecule has 1 aliphatic carbocycles. The molecule has 1 saturated heterocycles. The Balaban J connectivity index is 1.51. The van der Waals surface area contributed by atoms with Crippen LogP contribution < -0.4 is 5.56 Å². The largest absolute Gasteiger partial charge is 0.444 e. The molecule has 1 spiro atoms. The van der Waals surface area contributed by atoms with E-state index >= 15 is 0 Å². The number of nitrogens with zero attached hydrogens (tertiary/aromatic N) is 3. The van der Waals surface area contributed by atoms with Crippen molar-refractivity contribution in [3.63, 3.8) is 0 Å². The summed E-state index contributed by atoms with van der Waals surface area (Å²) in [6.45, 7) is 6.71. The van der Waals surface area contributed by atoms with Crippen molar-refractivity contribution in [1.29, 1.82) is 0 Å². The molecular formula is C21H26ClN3O3. The minimum absolute atomic E-state index is 0.0362. The van der Waals surface area contributed by atoms with Crippen LogP contribution in [0.15, 0.2) is 23.1 Å². The van der Waals surface area contributed by atoms with Crippen molar-refractivity contribution in [3.05, 3.63) is 39.3 Å². The molecule has 1 aliphatic heterocycles. The Hall–Kier alpha value is -2.08. The van der Waals surface area contributed by atoms with E-state index < -0.39 is 12.0 Å². The molecule has 1 aromatic carbocycles. The Morgan fingerprint density at radius 1 is 1.39 bits per heavy atom. The van der Waals surface area contributed by atoms with Crippen molar-refractivity contribution < 1.29 is 12.3 Å². The zero-order chi connectivity index (χ0) is 22.1. The van der Waals surface area contributed by atoms with Crippen LogP contribution in [0.1, 0.15) is 41.9 Å². The molecule has 2 aromatic rings. The fraction of sp³-hybridized carbons (Fsp3) is 0.571. The molecule has 0 atom stereocenters. The van der Waals surface area contributed by atoms with Gasteiger partial charge in [0.15, 0.2) is 0 Å². The summed E-state index contributed by atoms with van der Waals surface area (Å²) in [7, 11) is 1.54. The first-order chi connectivity index (χ1) is 13.8. The van der Waals surface area contributed by atoms with Crippen LogP contribution in [0.2, 0.25) is 5.02 Å². The lowest BCUT2D eigenvalue weighted by molar-refractivity contribution is -0.0947. The Labute approximate surface area is 172 Å². The number of likely N-dealkylation sites (tertiary alicyclic amines) is 1. The van der Waals surface area contributed by atoms with E-state index in [-0.39, 0.29) is 23.0 Å². The number of amides is 1. The highest BCUT2D eigenvalue weighted by Crippen LogP contribution is 2.53. The molecule has 6 nitrogen and oxygen atoms in total. The second kappa shape index (κ2) is 6.48. The molecule has 4 rings (SSSR count). The lowest BCUT2D eigenvalue weighted by atomic mass is 9.56. The summed E-state index contributed by atoms with van der Waals surface area (Å²) in [4.78, 5) is 26.4. The second-order valence-electron chi connectivity index (χ2n) is 9.04. The minimum atomic E-state index is -1.63. The van der Waals surface area contributed by atoms with Crippen molar-refractivity contribution in [1.82, 2.24) is 14.7 Å². The highest BCUT2D eigenvalue weighted by molar-refractivity contribution is 6.35.